The molecule has 0 aromatic carbocycles. The minimum absolute atomic E-state index is 0.138. The Kier molecular flexibility index (Phi) is 5.01. The number of aliphatic hydroxyl groups is 1. The van der Waals surface area contributed by atoms with Crippen molar-refractivity contribution in [2.75, 3.05) is 13.1 Å². The molecule has 1 amide bonds. The number of amides is 1. The number of piperidine rings is 1. The van der Waals surface area contributed by atoms with Gasteiger partial charge in [0.25, 0.3) is 0 Å². The summed E-state index contributed by atoms with van der Waals surface area (Å²) in [6.07, 6.45) is 6.98. The summed E-state index contributed by atoms with van der Waals surface area (Å²) < 4.78 is 0. The summed E-state index contributed by atoms with van der Waals surface area (Å²) in [6.45, 7) is 3.91. The summed E-state index contributed by atoms with van der Waals surface area (Å²) in [6, 6.07) is 0.705. The monoisotopic (exact) mass is 254 g/mol. The third-order valence-electron chi connectivity index (χ3n) is 4.38. The van der Waals surface area contributed by atoms with Crippen LogP contribution in [0.3, 0.4) is 0 Å². The SMILES string of the molecule is CCC(=O)NC1CCN(C2CCCCC2O)CC1. The van der Waals surface area contributed by atoms with E-state index >= 15 is 0 Å². The number of hydrogen-bond donors (Lipinski definition) is 2. The third kappa shape index (κ3) is 3.45. The number of carbonyl (C=O) groups is 1. The van der Waals surface area contributed by atoms with Gasteiger partial charge in [-0.05, 0) is 25.7 Å². The second-order valence-corrected chi connectivity index (χ2v) is 5.65. The smallest absolute Gasteiger partial charge is 0.219 e. The second kappa shape index (κ2) is 6.53. The van der Waals surface area contributed by atoms with E-state index in [4.69, 9.17) is 0 Å². The van der Waals surface area contributed by atoms with E-state index in [0.29, 0.717) is 18.5 Å². The maximum absolute atomic E-state index is 11.4. The predicted molar refractivity (Wildman–Crippen MR) is 71.3 cm³/mol. The Morgan fingerprint density at radius 3 is 2.50 bits per heavy atom. The van der Waals surface area contributed by atoms with E-state index in [1.807, 2.05) is 6.92 Å². The highest BCUT2D eigenvalue weighted by Crippen LogP contribution is 2.25. The molecular formula is C14H26N2O2. The summed E-state index contributed by atoms with van der Waals surface area (Å²) in [5.74, 6) is 0.158. The van der Waals surface area contributed by atoms with Crippen LogP contribution >= 0.6 is 0 Å². The molecule has 1 saturated carbocycles. The molecule has 2 aliphatic rings. The molecule has 2 rings (SSSR count). The van der Waals surface area contributed by atoms with Crippen LogP contribution in [0.4, 0.5) is 0 Å². The van der Waals surface area contributed by atoms with Crippen LogP contribution < -0.4 is 5.32 Å². The molecule has 1 aliphatic heterocycles. The first-order valence-electron chi connectivity index (χ1n) is 7.42. The van der Waals surface area contributed by atoms with Gasteiger partial charge in [-0.1, -0.05) is 19.8 Å². The van der Waals surface area contributed by atoms with Gasteiger partial charge >= 0.3 is 0 Å². The first-order chi connectivity index (χ1) is 8.70. The molecule has 1 heterocycles. The molecule has 1 aliphatic carbocycles. The Labute approximate surface area is 110 Å². The molecule has 18 heavy (non-hydrogen) atoms. The van der Waals surface area contributed by atoms with Crippen molar-refractivity contribution in [3.63, 3.8) is 0 Å². The van der Waals surface area contributed by atoms with E-state index in [-0.39, 0.29) is 12.0 Å². The molecule has 0 aromatic rings. The number of carbonyl (C=O) groups excluding carboxylic acids is 1. The number of hydrogen-bond acceptors (Lipinski definition) is 3. The van der Waals surface area contributed by atoms with E-state index in [9.17, 15) is 9.90 Å². The lowest BCUT2D eigenvalue weighted by molar-refractivity contribution is -0.121. The van der Waals surface area contributed by atoms with E-state index < -0.39 is 0 Å². The van der Waals surface area contributed by atoms with Gasteiger partial charge < -0.3 is 10.4 Å². The fourth-order valence-electron chi connectivity index (χ4n) is 3.22. The minimum Gasteiger partial charge on any atom is -0.391 e. The van der Waals surface area contributed by atoms with E-state index in [2.05, 4.69) is 10.2 Å². The maximum atomic E-state index is 11.4. The van der Waals surface area contributed by atoms with Gasteiger partial charge in [0.2, 0.25) is 5.91 Å². The summed E-state index contributed by atoms with van der Waals surface area (Å²) in [5, 5.41) is 13.1. The van der Waals surface area contributed by atoms with Crippen LogP contribution in [0.5, 0.6) is 0 Å². The van der Waals surface area contributed by atoms with E-state index in [1.54, 1.807) is 0 Å². The number of aliphatic hydroxyl groups excluding tert-OH is 1. The van der Waals surface area contributed by atoms with Crippen LogP contribution in [-0.4, -0.2) is 47.2 Å². The first-order valence-corrected chi connectivity index (χ1v) is 7.42. The molecule has 0 bridgehead atoms. The van der Waals surface area contributed by atoms with Crippen molar-refractivity contribution in [1.29, 1.82) is 0 Å². The van der Waals surface area contributed by atoms with Crippen LogP contribution in [0, 0.1) is 0 Å². The lowest BCUT2D eigenvalue weighted by Gasteiger charge is -2.41. The van der Waals surface area contributed by atoms with Crippen molar-refractivity contribution in [3.05, 3.63) is 0 Å². The Bertz CT molecular complexity index is 275. The molecule has 2 unspecified atom stereocenters. The highest BCUT2D eigenvalue weighted by atomic mass is 16.3. The van der Waals surface area contributed by atoms with Crippen molar-refractivity contribution < 1.29 is 9.90 Å². The number of rotatable bonds is 3. The number of likely N-dealkylation sites (tertiary alicyclic amines) is 1. The van der Waals surface area contributed by atoms with Crippen molar-refractivity contribution in [2.45, 2.75) is 70.1 Å². The van der Waals surface area contributed by atoms with Crippen molar-refractivity contribution >= 4 is 5.91 Å². The Balaban J connectivity index is 1.77. The molecule has 104 valence electrons. The molecule has 2 atom stereocenters. The van der Waals surface area contributed by atoms with E-state index in [0.717, 1.165) is 38.8 Å². The first kappa shape index (κ1) is 13.8. The van der Waals surface area contributed by atoms with Crippen LogP contribution in [-0.2, 0) is 4.79 Å². The van der Waals surface area contributed by atoms with Gasteiger partial charge in [0, 0.05) is 31.6 Å². The Morgan fingerprint density at radius 1 is 1.22 bits per heavy atom. The fourth-order valence-corrected chi connectivity index (χ4v) is 3.22. The van der Waals surface area contributed by atoms with Crippen LogP contribution in [0.1, 0.15) is 51.9 Å². The van der Waals surface area contributed by atoms with Gasteiger partial charge in [-0.3, -0.25) is 9.69 Å². The molecule has 0 aromatic heterocycles. The van der Waals surface area contributed by atoms with Gasteiger partial charge in [-0.25, -0.2) is 0 Å². The lowest BCUT2D eigenvalue weighted by Crippen LogP contribution is -2.52. The largest absolute Gasteiger partial charge is 0.391 e. The normalized spacial score (nSPS) is 31.2. The summed E-state index contributed by atoms with van der Waals surface area (Å²) in [5.41, 5.74) is 0. The molecular weight excluding hydrogens is 228 g/mol. The second-order valence-electron chi connectivity index (χ2n) is 5.65. The van der Waals surface area contributed by atoms with Crippen LogP contribution in [0.25, 0.3) is 0 Å². The molecule has 4 heteroatoms. The highest BCUT2D eigenvalue weighted by molar-refractivity contribution is 5.75. The fraction of sp³-hybridized carbons (Fsp3) is 0.929. The molecule has 2 N–H and O–H groups in total. The molecule has 1 saturated heterocycles. The standard InChI is InChI=1S/C14H26N2O2/c1-2-14(18)15-11-7-9-16(10-8-11)12-5-3-4-6-13(12)17/h11-13,17H,2-10H2,1H3,(H,15,18). The van der Waals surface area contributed by atoms with Crippen LogP contribution in [0.2, 0.25) is 0 Å². The molecule has 2 fully saturated rings. The van der Waals surface area contributed by atoms with Crippen molar-refractivity contribution in [3.8, 4) is 0 Å². The predicted octanol–water partition coefficient (Wildman–Crippen LogP) is 1.28. The minimum atomic E-state index is -0.138. The van der Waals surface area contributed by atoms with Gasteiger partial charge in [0.1, 0.15) is 0 Å². The quantitative estimate of drug-likeness (QED) is 0.798. The Hall–Kier alpha value is -0.610. The van der Waals surface area contributed by atoms with Crippen molar-refractivity contribution in [1.82, 2.24) is 10.2 Å². The highest BCUT2D eigenvalue weighted by Gasteiger charge is 2.31. The molecule has 0 spiro atoms. The topological polar surface area (TPSA) is 52.6 Å². The summed E-state index contributed by atoms with van der Waals surface area (Å²) in [7, 11) is 0. The van der Waals surface area contributed by atoms with Crippen LogP contribution in [0.15, 0.2) is 0 Å². The zero-order valence-electron chi connectivity index (χ0n) is 11.4. The van der Waals surface area contributed by atoms with Gasteiger partial charge in [0.05, 0.1) is 6.10 Å². The number of nitrogens with one attached hydrogen (secondary N) is 1. The number of nitrogens with zero attached hydrogens (tertiary/aromatic N) is 1. The summed E-state index contributed by atoms with van der Waals surface area (Å²) >= 11 is 0. The average molecular weight is 254 g/mol. The van der Waals surface area contributed by atoms with E-state index in [1.165, 1.54) is 12.8 Å². The zero-order valence-corrected chi connectivity index (χ0v) is 11.4. The zero-order chi connectivity index (χ0) is 13.0. The average Bonchev–Trinajstić information content (AvgIpc) is 2.40. The van der Waals surface area contributed by atoms with Gasteiger partial charge in [0.15, 0.2) is 0 Å². The van der Waals surface area contributed by atoms with Crippen molar-refractivity contribution in [2.24, 2.45) is 0 Å². The lowest BCUT2D eigenvalue weighted by atomic mass is 9.89. The molecule has 0 radical (unpaired) electrons. The third-order valence-corrected chi connectivity index (χ3v) is 4.38. The molecule has 4 nitrogen and oxygen atoms in total. The maximum Gasteiger partial charge on any atom is 0.219 e. The van der Waals surface area contributed by atoms with Gasteiger partial charge in [-0.15, -0.1) is 0 Å². The Morgan fingerprint density at radius 2 is 1.89 bits per heavy atom. The summed E-state index contributed by atoms with van der Waals surface area (Å²) in [4.78, 5) is 13.8. The van der Waals surface area contributed by atoms with Gasteiger partial charge in [-0.2, -0.15) is 0 Å².